The van der Waals surface area contributed by atoms with Crippen molar-refractivity contribution in [1.29, 1.82) is 0 Å². The first-order valence-electron chi connectivity index (χ1n) is 11.2. The lowest BCUT2D eigenvalue weighted by molar-refractivity contribution is -0.140. The molecule has 2 aromatic carbocycles. The van der Waals surface area contributed by atoms with Crippen LogP contribution in [0, 0.1) is 0 Å². The Labute approximate surface area is 203 Å². The minimum atomic E-state index is -0.713. The van der Waals surface area contributed by atoms with Crippen molar-refractivity contribution in [3.63, 3.8) is 0 Å². The van der Waals surface area contributed by atoms with Gasteiger partial charge in [0.2, 0.25) is 0 Å². The van der Waals surface area contributed by atoms with Crippen molar-refractivity contribution in [2.24, 2.45) is 0 Å². The van der Waals surface area contributed by atoms with E-state index >= 15 is 0 Å². The second-order valence-corrected chi connectivity index (χ2v) is 8.56. The van der Waals surface area contributed by atoms with Crippen LogP contribution in [0.3, 0.4) is 0 Å². The molecule has 2 aliphatic heterocycles. The molecule has 2 heterocycles. The fourth-order valence-electron chi connectivity index (χ4n) is 4.20. The van der Waals surface area contributed by atoms with Crippen molar-refractivity contribution in [2.75, 3.05) is 46.0 Å². The predicted molar refractivity (Wildman–Crippen MR) is 130 cm³/mol. The summed E-state index contributed by atoms with van der Waals surface area (Å²) >= 11 is 6.08. The minimum absolute atomic E-state index is 0.0639. The minimum Gasteiger partial charge on any atom is -0.507 e. The summed E-state index contributed by atoms with van der Waals surface area (Å²) in [6, 6.07) is 13.0. The van der Waals surface area contributed by atoms with Crippen LogP contribution in [-0.4, -0.2) is 72.6 Å². The monoisotopic (exact) mass is 482 g/mol. The maximum atomic E-state index is 13.1. The molecule has 4 rings (SSSR count). The van der Waals surface area contributed by atoms with E-state index in [1.54, 1.807) is 54.6 Å². The highest BCUT2D eigenvalue weighted by Crippen LogP contribution is 2.39. The Hall–Kier alpha value is -3.13. The molecule has 0 radical (unpaired) electrons. The molecule has 0 spiro atoms. The van der Waals surface area contributed by atoms with Crippen molar-refractivity contribution >= 4 is 29.1 Å². The number of carbonyl (C=O) groups is 2. The lowest BCUT2D eigenvalue weighted by Gasteiger charge is -2.31. The number of morpholine rings is 1. The van der Waals surface area contributed by atoms with Crippen LogP contribution in [0.5, 0.6) is 5.75 Å². The van der Waals surface area contributed by atoms with Gasteiger partial charge in [-0.15, -0.1) is 0 Å². The van der Waals surface area contributed by atoms with Gasteiger partial charge in [-0.25, -0.2) is 0 Å². The van der Waals surface area contributed by atoms with Gasteiger partial charge in [-0.05, 0) is 42.0 Å². The topological polar surface area (TPSA) is 79.3 Å². The highest BCUT2D eigenvalue weighted by Gasteiger charge is 2.46. The van der Waals surface area contributed by atoms with Gasteiger partial charge in [0, 0.05) is 36.8 Å². The molecule has 1 N–H and O–H groups in total. The van der Waals surface area contributed by atoms with Crippen molar-refractivity contribution < 1.29 is 24.2 Å². The van der Waals surface area contributed by atoms with Gasteiger partial charge < -0.3 is 19.5 Å². The molecule has 178 valence electrons. The quantitative estimate of drug-likeness (QED) is 0.268. The number of rotatable bonds is 8. The van der Waals surface area contributed by atoms with E-state index in [1.807, 2.05) is 0 Å². The van der Waals surface area contributed by atoms with Gasteiger partial charge >= 0.3 is 0 Å². The van der Waals surface area contributed by atoms with Crippen LogP contribution >= 0.6 is 11.6 Å². The van der Waals surface area contributed by atoms with Crippen molar-refractivity contribution in [1.82, 2.24) is 9.80 Å². The highest BCUT2D eigenvalue weighted by molar-refractivity contribution is 6.46. The normalized spacial score (nSPS) is 20.5. The van der Waals surface area contributed by atoms with Crippen LogP contribution < -0.4 is 4.74 Å². The fraction of sp³-hybridized carbons (Fsp3) is 0.308. The second-order valence-electron chi connectivity index (χ2n) is 8.12. The third-order valence-corrected chi connectivity index (χ3v) is 6.23. The maximum absolute atomic E-state index is 13.1. The van der Waals surface area contributed by atoms with Gasteiger partial charge in [-0.1, -0.05) is 36.4 Å². The lowest BCUT2D eigenvalue weighted by Crippen LogP contribution is -2.42. The summed E-state index contributed by atoms with van der Waals surface area (Å²) in [4.78, 5) is 29.9. The Morgan fingerprint density at radius 3 is 2.41 bits per heavy atom. The van der Waals surface area contributed by atoms with Crippen LogP contribution in [0.25, 0.3) is 5.76 Å². The van der Waals surface area contributed by atoms with Crippen LogP contribution in [0.1, 0.15) is 17.2 Å². The van der Waals surface area contributed by atoms with Crippen LogP contribution in [0.4, 0.5) is 0 Å². The predicted octanol–water partition coefficient (Wildman–Crippen LogP) is 3.66. The van der Waals surface area contributed by atoms with E-state index in [4.69, 9.17) is 21.1 Å². The Bertz CT molecular complexity index is 1080. The van der Waals surface area contributed by atoms with E-state index in [1.165, 1.54) is 4.90 Å². The van der Waals surface area contributed by atoms with E-state index in [9.17, 15) is 14.7 Å². The lowest BCUT2D eigenvalue weighted by atomic mass is 9.95. The summed E-state index contributed by atoms with van der Waals surface area (Å²) in [5, 5.41) is 11.7. The van der Waals surface area contributed by atoms with E-state index in [2.05, 4.69) is 11.5 Å². The molecule has 2 aromatic rings. The number of aliphatic hydroxyl groups is 1. The summed E-state index contributed by atoms with van der Waals surface area (Å²) in [5.74, 6) is -0.939. The van der Waals surface area contributed by atoms with Crippen LogP contribution in [-0.2, 0) is 14.3 Å². The summed E-state index contributed by atoms with van der Waals surface area (Å²) in [6.45, 7) is 7.77. The SMILES string of the molecule is C=CCOc1ccc(/C(O)=C2\C(=O)C(=O)N(CCN3CCOCC3)[C@@H]2c2ccc(Cl)cc2)cc1. The van der Waals surface area contributed by atoms with Crippen molar-refractivity contribution in [3.8, 4) is 5.75 Å². The van der Waals surface area contributed by atoms with Gasteiger partial charge in [0.05, 0.1) is 24.8 Å². The zero-order valence-electron chi connectivity index (χ0n) is 18.8. The first-order valence-corrected chi connectivity index (χ1v) is 11.6. The number of halogens is 1. The Kier molecular flexibility index (Phi) is 7.67. The number of carbonyl (C=O) groups excluding carboxylic acids is 2. The molecular formula is C26H27ClN2O5. The van der Waals surface area contributed by atoms with Gasteiger partial charge in [-0.2, -0.15) is 0 Å². The molecule has 8 heteroatoms. The Balaban J connectivity index is 1.68. The van der Waals surface area contributed by atoms with Crippen molar-refractivity contribution in [2.45, 2.75) is 6.04 Å². The molecule has 2 aliphatic rings. The molecule has 7 nitrogen and oxygen atoms in total. The van der Waals surface area contributed by atoms with Gasteiger partial charge in [0.15, 0.2) is 0 Å². The van der Waals surface area contributed by atoms with E-state index in [0.717, 1.165) is 13.1 Å². The maximum Gasteiger partial charge on any atom is 0.295 e. The zero-order valence-corrected chi connectivity index (χ0v) is 19.5. The van der Waals surface area contributed by atoms with E-state index in [-0.39, 0.29) is 11.3 Å². The number of benzene rings is 2. The number of ether oxygens (including phenoxy) is 2. The van der Waals surface area contributed by atoms with Gasteiger partial charge in [-0.3, -0.25) is 14.5 Å². The Morgan fingerprint density at radius 1 is 1.09 bits per heavy atom. The second kappa shape index (κ2) is 10.9. The largest absolute Gasteiger partial charge is 0.507 e. The number of Topliss-reactive ketones (excluding diaryl/α,β-unsaturated/α-hetero) is 1. The summed E-state index contributed by atoms with van der Waals surface area (Å²) in [6.07, 6.45) is 1.64. The average molecular weight is 483 g/mol. The standard InChI is InChI=1S/C26H27ClN2O5/c1-2-15-34-21-9-5-19(6-10-21)24(30)22-23(18-3-7-20(27)8-4-18)29(26(32)25(22)31)12-11-28-13-16-33-17-14-28/h2-10,23,30H,1,11-17H2/b24-22+/t23-/m1/s1. The molecule has 0 bridgehead atoms. The summed E-state index contributed by atoms with van der Waals surface area (Å²) in [7, 11) is 0. The summed E-state index contributed by atoms with van der Waals surface area (Å²) in [5.41, 5.74) is 1.20. The fourth-order valence-corrected chi connectivity index (χ4v) is 4.32. The number of amides is 1. The van der Waals surface area contributed by atoms with E-state index in [0.29, 0.717) is 54.8 Å². The molecular weight excluding hydrogens is 456 g/mol. The van der Waals surface area contributed by atoms with E-state index < -0.39 is 17.7 Å². The number of likely N-dealkylation sites (tertiary alicyclic amines) is 1. The molecule has 2 fully saturated rings. The molecule has 2 saturated heterocycles. The van der Waals surface area contributed by atoms with Gasteiger partial charge in [0.1, 0.15) is 18.1 Å². The number of hydrogen-bond donors (Lipinski definition) is 1. The third kappa shape index (κ3) is 5.17. The zero-order chi connectivity index (χ0) is 24.1. The number of nitrogens with zero attached hydrogens (tertiary/aromatic N) is 2. The third-order valence-electron chi connectivity index (χ3n) is 5.98. The number of hydrogen-bond acceptors (Lipinski definition) is 6. The molecule has 0 aliphatic carbocycles. The van der Waals surface area contributed by atoms with Crippen LogP contribution in [0.2, 0.25) is 5.02 Å². The van der Waals surface area contributed by atoms with Crippen LogP contribution in [0.15, 0.2) is 66.8 Å². The first kappa shape index (κ1) is 24.0. The molecule has 1 amide bonds. The Morgan fingerprint density at radius 2 is 1.76 bits per heavy atom. The molecule has 0 aromatic heterocycles. The van der Waals surface area contributed by atoms with Crippen molar-refractivity contribution in [3.05, 3.63) is 82.9 Å². The highest BCUT2D eigenvalue weighted by atomic mass is 35.5. The molecule has 34 heavy (non-hydrogen) atoms. The smallest absolute Gasteiger partial charge is 0.295 e. The molecule has 0 saturated carbocycles. The average Bonchev–Trinajstić information content (AvgIpc) is 3.12. The number of ketones is 1. The molecule has 1 atom stereocenters. The first-order chi connectivity index (χ1) is 16.5. The van der Waals surface area contributed by atoms with Gasteiger partial charge in [0.25, 0.3) is 11.7 Å². The summed E-state index contributed by atoms with van der Waals surface area (Å²) < 4.78 is 10.9. The number of aliphatic hydroxyl groups excluding tert-OH is 1. The molecule has 0 unspecified atom stereocenters.